The summed E-state index contributed by atoms with van der Waals surface area (Å²) in [7, 11) is 0. The van der Waals surface area contributed by atoms with Crippen LogP contribution in [0.25, 0.3) is 0 Å². The number of quaternary nitrogens is 1. The van der Waals surface area contributed by atoms with Crippen LogP contribution < -0.4 is 15.5 Å². The van der Waals surface area contributed by atoms with Gasteiger partial charge in [-0.3, -0.25) is 0 Å². The second kappa shape index (κ2) is 8.93. The lowest BCUT2D eigenvalue weighted by Crippen LogP contribution is -3.12. The molecule has 1 aromatic carbocycles. The van der Waals surface area contributed by atoms with E-state index in [2.05, 4.69) is 62.6 Å². The highest BCUT2D eigenvalue weighted by atomic mass is 32.1. The van der Waals surface area contributed by atoms with Crippen molar-refractivity contribution in [1.29, 1.82) is 0 Å². The van der Waals surface area contributed by atoms with E-state index in [0.29, 0.717) is 11.0 Å². The molecule has 0 saturated heterocycles. The van der Waals surface area contributed by atoms with Gasteiger partial charge in [0.2, 0.25) is 0 Å². The second-order valence-corrected chi connectivity index (χ2v) is 5.77. The van der Waals surface area contributed by atoms with E-state index >= 15 is 0 Å². The fourth-order valence-electron chi connectivity index (χ4n) is 2.08. The van der Waals surface area contributed by atoms with Crippen molar-refractivity contribution >= 4 is 23.0 Å². The topological polar surface area (TPSA) is 28.5 Å². The van der Waals surface area contributed by atoms with Gasteiger partial charge in [0.05, 0.1) is 26.2 Å². The molecule has 1 aromatic rings. The molecule has 1 rings (SSSR count). The molecule has 3 N–H and O–H groups in total. The minimum Gasteiger partial charge on any atom is -0.357 e. The van der Waals surface area contributed by atoms with Gasteiger partial charge in [-0.15, -0.1) is 0 Å². The molecule has 0 amide bonds. The van der Waals surface area contributed by atoms with Crippen LogP contribution in [0.5, 0.6) is 0 Å². The fraction of sp³-hybridized carbons (Fsp3) is 0.562. The van der Waals surface area contributed by atoms with Crippen molar-refractivity contribution in [1.82, 2.24) is 5.32 Å². The molecule has 0 aliphatic carbocycles. The molecular weight excluding hydrogens is 266 g/mol. The highest BCUT2D eigenvalue weighted by Crippen LogP contribution is 2.16. The van der Waals surface area contributed by atoms with Crippen LogP contribution in [0, 0.1) is 0 Å². The van der Waals surface area contributed by atoms with E-state index < -0.39 is 0 Å². The predicted molar refractivity (Wildman–Crippen MR) is 91.7 cm³/mol. The number of rotatable bonds is 7. The van der Waals surface area contributed by atoms with Crippen LogP contribution in [-0.2, 0) is 0 Å². The van der Waals surface area contributed by atoms with Gasteiger partial charge in [0.1, 0.15) is 0 Å². The predicted octanol–water partition coefficient (Wildman–Crippen LogP) is 2.02. The summed E-state index contributed by atoms with van der Waals surface area (Å²) in [5, 5.41) is 7.20. The first-order valence-corrected chi connectivity index (χ1v) is 7.96. The van der Waals surface area contributed by atoms with Gasteiger partial charge in [-0.25, -0.2) is 0 Å². The van der Waals surface area contributed by atoms with Crippen molar-refractivity contribution in [3.8, 4) is 0 Å². The largest absolute Gasteiger partial charge is 0.357 e. The maximum absolute atomic E-state index is 5.31. The standard InChI is InChI=1S/C16H27N3S/c1-5-19(6-2)12-11-17-16(20)18-15-9-7-14(8-10-15)13(3)4/h7-10,13H,5-6,11-12H2,1-4H3,(H2,17,18,20)/p+1. The third-order valence-corrected chi connectivity index (χ3v) is 3.85. The molecule has 0 fully saturated rings. The van der Waals surface area contributed by atoms with Crippen LogP contribution in [0.3, 0.4) is 0 Å². The summed E-state index contributed by atoms with van der Waals surface area (Å²) >= 11 is 5.31. The summed E-state index contributed by atoms with van der Waals surface area (Å²) < 4.78 is 0. The quantitative estimate of drug-likeness (QED) is 0.672. The number of thiocarbonyl (C=S) groups is 1. The Morgan fingerprint density at radius 3 is 2.25 bits per heavy atom. The zero-order valence-corrected chi connectivity index (χ0v) is 13.9. The van der Waals surface area contributed by atoms with Crippen molar-refractivity contribution in [3.63, 3.8) is 0 Å². The first kappa shape index (κ1) is 16.9. The van der Waals surface area contributed by atoms with Gasteiger partial charge in [-0.05, 0) is 49.7 Å². The van der Waals surface area contributed by atoms with Gasteiger partial charge >= 0.3 is 0 Å². The molecule has 0 saturated carbocycles. The molecule has 0 radical (unpaired) electrons. The summed E-state index contributed by atoms with van der Waals surface area (Å²) in [6.45, 7) is 13.2. The van der Waals surface area contributed by atoms with Crippen molar-refractivity contribution in [2.75, 3.05) is 31.5 Å². The zero-order chi connectivity index (χ0) is 15.0. The Hall–Kier alpha value is -1.13. The number of likely N-dealkylation sites (N-methyl/N-ethyl adjacent to an activating group) is 1. The lowest BCUT2D eigenvalue weighted by molar-refractivity contribution is -0.895. The van der Waals surface area contributed by atoms with Crippen molar-refractivity contribution in [3.05, 3.63) is 29.8 Å². The van der Waals surface area contributed by atoms with Crippen LogP contribution in [0.1, 0.15) is 39.2 Å². The lowest BCUT2D eigenvalue weighted by Gasteiger charge is -2.16. The Kier molecular flexibility index (Phi) is 7.55. The third-order valence-electron chi connectivity index (χ3n) is 3.60. The normalized spacial score (nSPS) is 10.9. The molecule has 0 bridgehead atoms. The Bertz CT molecular complexity index is 397. The summed E-state index contributed by atoms with van der Waals surface area (Å²) in [4.78, 5) is 1.58. The number of nitrogens with one attached hydrogen (secondary N) is 3. The first-order valence-electron chi connectivity index (χ1n) is 7.55. The molecule has 0 aromatic heterocycles. The minimum atomic E-state index is 0.561. The van der Waals surface area contributed by atoms with Gasteiger partial charge in [0.15, 0.2) is 5.11 Å². The van der Waals surface area contributed by atoms with Crippen molar-refractivity contribution < 1.29 is 4.90 Å². The number of hydrogen-bond donors (Lipinski definition) is 3. The summed E-state index contributed by atoms with van der Waals surface area (Å²) in [5.74, 6) is 0.561. The van der Waals surface area contributed by atoms with Crippen LogP contribution >= 0.6 is 12.2 Å². The average molecular weight is 294 g/mol. The Labute approximate surface area is 128 Å². The first-order chi connectivity index (χ1) is 9.56. The Balaban J connectivity index is 2.35. The molecule has 0 aliphatic heterocycles. The SMILES string of the molecule is CC[NH+](CC)CCNC(=S)Nc1ccc(C(C)C)cc1. The smallest absolute Gasteiger partial charge is 0.170 e. The monoisotopic (exact) mass is 294 g/mol. The fourth-order valence-corrected chi connectivity index (χ4v) is 2.30. The van der Waals surface area contributed by atoms with Gasteiger partial charge < -0.3 is 15.5 Å². The molecule has 0 spiro atoms. The lowest BCUT2D eigenvalue weighted by atomic mass is 10.0. The molecule has 4 heteroatoms. The molecule has 0 atom stereocenters. The van der Waals surface area contributed by atoms with E-state index in [1.807, 2.05) is 0 Å². The second-order valence-electron chi connectivity index (χ2n) is 5.36. The van der Waals surface area contributed by atoms with Crippen LogP contribution in [0.15, 0.2) is 24.3 Å². The van der Waals surface area contributed by atoms with E-state index in [-0.39, 0.29) is 0 Å². The van der Waals surface area contributed by atoms with Crippen LogP contribution in [0.4, 0.5) is 5.69 Å². The van der Waals surface area contributed by atoms with E-state index in [0.717, 1.165) is 31.9 Å². The summed E-state index contributed by atoms with van der Waals surface area (Å²) in [6.07, 6.45) is 0. The van der Waals surface area contributed by atoms with Crippen molar-refractivity contribution in [2.45, 2.75) is 33.6 Å². The molecule has 0 unspecified atom stereocenters. The van der Waals surface area contributed by atoms with Gasteiger partial charge in [-0.2, -0.15) is 0 Å². The minimum absolute atomic E-state index is 0.561. The van der Waals surface area contributed by atoms with E-state index in [1.165, 1.54) is 5.56 Å². The van der Waals surface area contributed by atoms with E-state index in [4.69, 9.17) is 12.2 Å². The molecule has 0 heterocycles. The van der Waals surface area contributed by atoms with Gasteiger partial charge in [-0.1, -0.05) is 26.0 Å². The molecule has 20 heavy (non-hydrogen) atoms. The Morgan fingerprint density at radius 1 is 1.15 bits per heavy atom. The molecule has 3 nitrogen and oxygen atoms in total. The third kappa shape index (κ3) is 5.88. The number of benzene rings is 1. The van der Waals surface area contributed by atoms with E-state index in [1.54, 1.807) is 4.90 Å². The number of anilines is 1. The van der Waals surface area contributed by atoms with Crippen molar-refractivity contribution in [2.24, 2.45) is 0 Å². The number of hydrogen-bond acceptors (Lipinski definition) is 1. The van der Waals surface area contributed by atoms with Gasteiger partial charge in [0.25, 0.3) is 0 Å². The van der Waals surface area contributed by atoms with Crippen LogP contribution in [-0.4, -0.2) is 31.3 Å². The maximum atomic E-state index is 5.31. The highest BCUT2D eigenvalue weighted by Gasteiger charge is 2.03. The zero-order valence-electron chi connectivity index (χ0n) is 13.1. The molecule has 112 valence electrons. The maximum Gasteiger partial charge on any atom is 0.170 e. The van der Waals surface area contributed by atoms with Crippen LogP contribution in [0.2, 0.25) is 0 Å². The van der Waals surface area contributed by atoms with E-state index in [9.17, 15) is 0 Å². The average Bonchev–Trinajstić information content (AvgIpc) is 2.44. The summed E-state index contributed by atoms with van der Waals surface area (Å²) in [6, 6.07) is 8.46. The van der Waals surface area contributed by atoms with Gasteiger partial charge in [0, 0.05) is 5.69 Å². The Morgan fingerprint density at radius 2 is 1.75 bits per heavy atom. The molecule has 0 aliphatic rings. The molecular formula is C16H28N3S+. The highest BCUT2D eigenvalue weighted by molar-refractivity contribution is 7.80. The summed E-state index contributed by atoms with van der Waals surface area (Å²) in [5.41, 5.74) is 2.39.